The number of anilines is 1. The topological polar surface area (TPSA) is 105 Å². The fourth-order valence-electron chi connectivity index (χ4n) is 4.07. The second-order valence-electron chi connectivity index (χ2n) is 8.99. The molecule has 1 saturated carbocycles. The number of alkyl halides is 2. The van der Waals surface area contributed by atoms with E-state index in [2.05, 4.69) is 44.0 Å². The zero-order valence-electron chi connectivity index (χ0n) is 18.4. The molecule has 0 aromatic carbocycles. The second-order valence-corrected chi connectivity index (χ2v) is 11.7. The molecule has 1 aliphatic heterocycles. The van der Waals surface area contributed by atoms with Crippen molar-refractivity contribution < 1.29 is 17.2 Å². The zero-order valence-corrected chi connectivity index (χ0v) is 20.1. The maximum Gasteiger partial charge on any atom is 0.291 e. The van der Waals surface area contributed by atoms with Gasteiger partial charge in [0.25, 0.3) is 6.43 Å². The van der Waals surface area contributed by atoms with Crippen LogP contribution in [0.2, 0.25) is 0 Å². The van der Waals surface area contributed by atoms with Crippen LogP contribution in [0.25, 0.3) is 16.3 Å². The van der Waals surface area contributed by atoms with Crippen molar-refractivity contribution in [2.24, 2.45) is 0 Å². The van der Waals surface area contributed by atoms with Crippen LogP contribution in [0.5, 0.6) is 0 Å². The lowest BCUT2D eigenvalue weighted by molar-refractivity contribution is 0.150. The quantitative estimate of drug-likeness (QED) is 0.540. The van der Waals surface area contributed by atoms with Crippen LogP contribution in [0.4, 0.5) is 14.5 Å². The van der Waals surface area contributed by atoms with Crippen LogP contribution in [0.15, 0.2) is 23.4 Å². The monoisotopic (exact) mass is 497 g/mol. The van der Waals surface area contributed by atoms with Crippen LogP contribution >= 0.6 is 11.3 Å². The standard InChI is InChI=1S/C20H25F2N7O2S2/c1-11-12(2)28(7-6-23-11)14-8-13(33(30,31)27-20(3)4-5-20)10-29-15(14)9-24-17(29)19-26-25-18(32-19)16(21)22/h8-12,16,23,27H,4-7H2,1-3H3/t11-,12+/m0/s1. The molecule has 3 aromatic heterocycles. The summed E-state index contributed by atoms with van der Waals surface area (Å²) < 4.78 is 57.1. The third kappa shape index (κ3) is 4.11. The molecule has 33 heavy (non-hydrogen) atoms. The molecular weight excluding hydrogens is 472 g/mol. The molecule has 0 bridgehead atoms. The number of nitrogens with one attached hydrogen (secondary N) is 2. The van der Waals surface area contributed by atoms with E-state index in [1.54, 1.807) is 16.7 Å². The van der Waals surface area contributed by atoms with E-state index >= 15 is 0 Å². The van der Waals surface area contributed by atoms with Crippen LogP contribution in [0, 0.1) is 0 Å². The van der Waals surface area contributed by atoms with Crippen LogP contribution in [0.1, 0.15) is 45.0 Å². The summed E-state index contributed by atoms with van der Waals surface area (Å²) in [5.74, 6) is 0.279. The summed E-state index contributed by atoms with van der Waals surface area (Å²) in [7, 11) is -3.82. The minimum atomic E-state index is -3.82. The normalized spacial score (nSPS) is 22.9. The largest absolute Gasteiger partial charge is 0.364 e. The van der Waals surface area contributed by atoms with Gasteiger partial charge in [-0.25, -0.2) is 26.9 Å². The summed E-state index contributed by atoms with van der Waals surface area (Å²) in [5.41, 5.74) is 0.960. The number of sulfonamides is 1. The van der Waals surface area contributed by atoms with Gasteiger partial charge < -0.3 is 10.2 Å². The Balaban J connectivity index is 1.68. The lowest BCUT2D eigenvalue weighted by Gasteiger charge is -2.40. The third-order valence-electron chi connectivity index (χ3n) is 6.45. The van der Waals surface area contributed by atoms with Gasteiger partial charge in [-0.3, -0.25) is 4.40 Å². The predicted octanol–water partition coefficient (Wildman–Crippen LogP) is 2.81. The molecule has 178 valence electrons. The maximum atomic E-state index is 13.3. The average Bonchev–Trinajstić information content (AvgIpc) is 3.16. The molecule has 5 rings (SSSR count). The summed E-state index contributed by atoms with van der Waals surface area (Å²) in [4.78, 5) is 6.67. The number of hydrogen-bond acceptors (Lipinski definition) is 8. The number of halogens is 2. The molecule has 0 spiro atoms. The molecule has 2 atom stereocenters. The molecule has 0 unspecified atom stereocenters. The van der Waals surface area contributed by atoms with E-state index in [-0.39, 0.29) is 27.8 Å². The molecule has 1 aliphatic carbocycles. The van der Waals surface area contributed by atoms with Crippen molar-refractivity contribution in [2.45, 2.75) is 62.6 Å². The predicted molar refractivity (Wildman–Crippen MR) is 121 cm³/mol. The van der Waals surface area contributed by atoms with Crippen molar-refractivity contribution in [2.75, 3.05) is 18.0 Å². The van der Waals surface area contributed by atoms with E-state index in [1.165, 1.54) is 6.20 Å². The highest BCUT2D eigenvalue weighted by Gasteiger charge is 2.41. The van der Waals surface area contributed by atoms with Gasteiger partial charge in [0.1, 0.15) is 4.90 Å². The molecule has 3 aromatic rings. The highest BCUT2D eigenvalue weighted by molar-refractivity contribution is 7.89. The Morgan fingerprint density at radius 3 is 2.73 bits per heavy atom. The van der Waals surface area contributed by atoms with Crippen molar-refractivity contribution in [1.29, 1.82) is 0 Å². The third-order valence-corrected chi connectivity index (χ3v) is 8.98. The molecule has 4 heterocycles. The van der Waals surface area contributed by atoms with E-state index in [0.717, 1.165) is 36.4 Å². The van der Waals surface area contributed by atoms with Crippen LogP contribution < -0.4 is 14.9 Å². The van der Waals surface area contributed by atoms with Crippen LogP contribution in [-0.4, -0.2) is 58.7 Å². The number of nitrogens with zero attached hydrogens (tertiary/aromatic N) is 5. The van der Waals surface area contributed by atoms with Gasteiger partial charge in [-0.1, -0.05) is 11.3 Å². The highest BCUT2D eigenvalue weighted by atomic mass is 32.2. The first kappa shape index (κ1) is 22.6. The first-order valence-corrected chi connectivity index (χ1v) is 13.0. The number of pyridine rings is 1. The second kappa shape index (κ2) is 7.93. The average molecular weight is 498 g/mol. The van der Waals surface area contributed by atoms with E-state index in [9.17, 15) is 17.2 Å². The van der Waals surface area contributed by atoms with E-state index in [1.807, 2.05) is 6.92 Å². The Kier molecular flexibility index (Phi) is 5.42. The van der Waals surface area contributed by atoms with Crippen LogP contribution in [-0.2, 0) is 10.0 Å². The molecule has 13 heteroatoms. The van der Waals surface area contributed by atoms with Gasteiger partial charge in [0.05, 0.1) is 17.4 Å². The lowest BCUT2D eigenvalue weighted by atomic mass is 10.1. The van der Waals surface area contributed by atoms with E-state index < -0.39 is 27.0 Å². The number of aromatic nitrogens is 4. The number of fused-ring (bicyclic) bond motifs is 1. The Morgan fingerprint density at radius 1 is 1.30 bits per heavy atom. The van der Waals surface area contributed by atoms with Gasteiger partial charge >= 0.3 is 0 Å². The van der Waals surface area contributed by atoms with Gasteiger partial charge in [0.2, 0.25) is 10.0 Å². The van der Waals surface area contributed by atoms with Gasteiger partial charge in [0.15, 0.2) is 15.8 Å². The molecule has 2 aliphatic rings. The smallest absolute Gasteiger partial charge is 0.291 e. The maximum absolute atomic E-state index is 13.3. The first-order valence-electron chi connectivity index (χ1n) is 10.7. The molecule has 2 N–H and O–H groups in total. The van der Waals surface area contributed by atoms with E-state index in [0.29, 0.717) is 12.1 Å². The van der Waals surface area contributed by atoms with Gasteiger partial charge in [-0.15, -0.1) is 10.2 Å². The Hall–Kier alpha value is -2.22. The number of rotatable bonds is 6. The van der Waals surface area contributed by atoms with Gasteiger partial charge in [-0.2, -0.15) is 0 Å². The molecule has 0 amide bonds. The SMILES string of the molecule is C[C@@H]1NCCN(c2cc(S(=O)(=O)NC3(C)CC3)cn3c(-c4nnc(C(F)F)s4)ncc23)[C@@H]1C. The number of imidazole rings is 1. The van der Waals surface area contributed by atoms with Gasteiger partial charge in [0, 0.05) is 36.9 Å². The van der Waals surface area contributed by atoms with Crippen molar-refractivity contribution in [3.05, 3.63) is 23.5 Å². The van der Waals surface area contributed by atoms with Crippen molar-refractivity contribution in [3.8, 4) is 10.8 Å². The first-order chi connectivity index (χ1) is 15.6. The highest BCUT2D eigenvalue weighted by Crippen LogP contribution is 2.38. The molecule has 0 radical (unpaired) electrons. The zero-order chi connectivity index (χ0) is 23.5. The summed E-state index contributed by atoms with van der Waals surface area (Å²) in [5, 5.41) is 10.7. The number of hydrogen-bond donors (Lipinski definition) is 2. The molecule has 1 saturated heterocycles. The minimum Gasteiger partial charge on any atom is -0.364 e. The van der Waals surface area contributed by atoms with Crippen molar-refractivity contribution >= 4 is 32.6 Å². The summed E-state index contributed by atoms with van der Waals surface area (Å²) in [6.45, 7) is 7.47. The number of piperazine rings is 1. The fourth-order valence-corrected chi connectivity index (χ4v) is 6.25. The summed E-state index contributed by atoms with van der Waals surface area (Å²) >= 11 is 0.745. The molecule has 2 fully saturated rings. The summed E-state index contributed by atoms with van der Waals surface area (Å²) in [6, 6.07) is 1.97. The van der Waals surface area contributed by atoms with Crippen molar-refractivity contribution in [1.82, 2.24) is 29.6 Å². The summed E-state index contributed by atoms with van der Waals surface area (Å²) in [6.07, 6.45) is 1.94. The lowest BCUT2D eigenvalue weighted by Crippen LogP contribution is -2.55. The minimum absolute atomic E-state index is 0.0920. The van der Waals surface area contributed by atoms with Gasteiger partial charge in [-0.05, 0) is 39.7 Å². The van der Waals surface area contributed by atoms with Crippen LogP contribution in [0.3, 0.4) is 0 Å². The van der Waals surface area contributed by atoms with E-state index in [4.69, 9.17) is 0 Å². The Morgan fingerprint density at radius 2 is 2.06 bits per heavy atom. The molecule has 9 nitrogen and oxygen atoms in total. The Bertz CT molecular complexity index is 1300. The van der Waals surface area contributed by atoms with Crippen molar-refractivity contribution in [3.63, 3.8) is 0 Å². The fraction of sp³-hybridized carbons (Fsp3) is 0.550. The Labute approximate surface area is 194 Å². The molecular formula is C20H25F2N7O2S2.